The Kier molecular flexibility index (Phi) is 8.09. The van der Waals surface area contributed by atoms with E-state index in [-0.39, 0.29) is 17.0 Å². The van der Waals surface area contributed by atoms with Crippen molar-refractivity contribution in [3.8, 4) is 5.75 Å². The predicted octanol–water partition coefficient (Wildman–Crippen LogP) is 1.92. The van der Waals surface area contributed by atoms with E-state index in [0.717, 1.165) is 18.1 Å². The van der Waals surface area contributed by atoms with Crippen molar-refractivity contribution in [1.82, 2.24) is 0 Å². The Balaban J connectivity index is 0.00000243. The SMILES string of the molecule is C=CC[P+](CCOc1ccccc1)(c1ccccc1)c1ccccc1.[Br-]. The van der Waals surface area contributed by atoms with Gasteiger partial charge in [-0.2, -0.15) is 0 Å². The molecule has 0 aliphatic carbocycles. The van der Waals surface area contributed by atoms with Gasteiger partial charge in [0.25, 0.3) is 0 Å². The Morgan fingerprint density at radius 2 is 1.19 bits per heavy atom. The van der Waals surface area contributed by atoms with E-state index in [1.54, 1.807) is 0 Å². The second-order valence-corrected chi connectivity index (χ2v) is 9.78. The zero-order valence-corrected chi connectivity index (χ0v) is 17.3. The van der Waals surface area contributed by atoms with Gasteiger partial charge in [0, 0.05) is 0 Å². The summed E-state index contributed by atoms with van der Waals surface area (Å²) in [5.74, 6) is 0.931. The van der Waals surface area contributed by atoms with Crippen molar-refractivity contribution in [2.24, 2.45) is 0 Å². The monoisotopic (exact) mass is 426 g/mol. The first kappa shape index (κ1) is 20.4. The molecule has 0 bridgehead atoms. The van der Waals surface area contributed by atoms with Crippen LogP contribution in [0.15, 0.2) is 104 Å². The molecule has 3 rings (SSSR count). The molecule has 3 heteroatoms. The molecule has 0 aliphatic rings. The van der Waals surface area contributed by atoms with Crippen LogP contribution in [0.2, 0.25) is 0 Å². The van der Waals surface area contributed by atoms with E-state index in [0.29, 0.717) is 6.61 Å². The van der Waals surface area contributed by atoms with Crippen molar-refractivity contribution in [2.75, 3.05) is 18.9 Å². The molecule has 134 valence electrons. The normalized spacial score (nSPS) is 10.6. The lowest BCUT2D eigenvalue weighted by Crippen LogP contribution is -3.00. The van der Waals surface area contributed by atoms with Crippen LogP contribution in [0.4, 0.5) is 0 Å². The number of allylic oxidation sites excluding steroid dienone is 1. The molecule has 0 saturated carbocycles. The van der Waals surface area contributed by atoms with Crippen LogP contribution in [0.1, 0.15) is 0 Å². The van der Waals surface area contributed by atoms with Gasteiger partial charge in [-0.05, 0) is 36.4 Å². The maximum absolute atomic E-state index is 6.04. The molecule has 0 amide bonds. The maximum Gasteiger partial charge on any atom is 0.122 e. The van der Waals surface area contributed by atoms with E-state index in [9.17, 15) is 0 Å². The molecule has 0 radical (unpaired) electrons. The molecule has 0 fully saturated rings. The van der Waals surface area contributed by atoms with Crippen molar-refractivity contribution in [3.63, 3.8) is 0 Å². The minimum atomic E-state index is -1.58. The van der Waals surface area contributed by atoms with Gasteiger partial charge in [0.05, 0.1) is 24.0 Å². The standard InChI is InChI=1S/C23H24OP.BrH/c1-2-19-25(22-14-8-4-9-15-22,23-16-10-5-11-17-23)20-18-24-21-12-6-3-7-13-21;/h2-17H,1,18-20H2;1H/q+1;/p-1. The van der Waals surface area contributed by atoms with Gasteiger partial charge in [0.2, 0.25) is 0 Å². The minimum Gasteiger partial charge on any atom is -1.00 e. The van der Waals surface area contributed by atoms with E-state index >= 15 is 0 Å². The van der Waals surface area contributed by atoms with Crippen molar-refractivity contribution in [3.05, 3.63) is 104 Å². The number of benzene rings is 3. The third kappa shape index (κ3) is 4.84. The quantitative estimate of drug-likeness (QED) is 0.395. The highest BCUT2D eigenvalue weighted by atomic mass is 79.9. The highest BCUT2D eigenvalue weighted by Crippen LogP contribution is 2.56. The summed E-state index contributed by atoms with van der Waals surface area (Å²) in [6.45, 7) is 4.75. The zero-order chi connectivity index (χ0) is 17.4. The lowest BCUT2D eigenvalue weighted by Gasteiger charge is -2.26. The van der Waals surface area contributed by atoms with Crippen LogP contribution >= 0.6 is 7.26 Å². The highest BCUT2D eigenvalue weighted by molar-refractivity contribution is 7.89. The Hall–Kier alpha value is -1.89. The number of hydrogen-bond acceptors (Lipinski definition) is 1. The zero-order valence-electron chi connectivity index (χ0n) is 14.8. The van der Waals surface area contributed by atoms with Crippen molar-refractivity contribution >= 4 is 17.9 Å². The fourth-order valence-electron chi connectivity index (χ4n) is 3.19. The molecular formula is C23H24BrOP. The van der Waals surface area contributed by atoms with E-state index in [4.69, 9.17) is 4.74 Å². The summed E-state index contributed by atoms with van der Waals surface area (Å²) in [7, 11) is -1.58. The Bertz CT molecular complexity index is 736. The predicted molar refractivity (Wildman–Crippen MR) is 111 cm³/mol. The smallest absolute Gasteiger partial charge is 0.122 e. The van der Waals surface area contributed by atoms with Crippen LogP contribution in [0.5, 0.6) is 5.75 Å². The largest absolute Gasteiger partial charge is 1.00 e. The molecular weight excluding hydrogens is 403 g/mol. The molecule has 0 unspecified atom stereocenters. The highest BCUT2D eigenvalue weighted by Gasteiger charge is 2.41. The summed E-state index contributed by atoms with van der Waals surface area (Å²) in [6, 6.07) is 31.8. The van der Waals surface area contributed by atoms with E-state index < -0.39 is 7.26 Å². The molecule has 3 aromatic rings. The number of para-hydroxylation sites is 1. The summed E-state index contributed by atoms with van der Waals surface area (Å²) in [6.07, 6.45) is 4.05. The number of ether oxygens (including phenoxy) is 1. The summed E-state index contributed by atoms with van der Waals surface area (Å²) < 4.78 is 6.04. The van der Waals surface area contributed by atoms with Gasteiger partial charge in [-0.25, -0.2) is 0 Å². The molecule has 0 aromatic heterocycles. The van der Waals surface area contributed by atoms with E-state index in [1.807, 2.05) is 30.3 Å². The fourth-order valence-corrected chi connectivity index (χ4v) is 6.94. The second kappa shape index (κ2) is 10.3. The number of halogens is 1. The molecule has 1 nitrogen and oxygen atoms in total. The molecule has 0 spiro atoms. The van der Waals surface area contributed by atoms with Crippen LogP contribution in [-0.2, 0) is 0 Å². The topological polar surface area (TPSA) is 9.23 Å². The number of rotatable bonds is 8. The maximum atomic E-state index is 6.04. The summed E-state index contributed by atoms with van der Waals surface area (Å²) >= 11 is 0. The molecule has 0 aliphatic heterocycles. The van der Waals surface area contributed by atoms with Gasteiger partial charge in [-0.15, -0.1) is 0 Å². The Labute approximate surface area is 167 Å². The van der Waals surface area contributed by atoms with Gasteiger partial charge < -0.3 is 21.7 Å². The van der Waals surface area contributed by atoms with Gasteiger partial charge in [0.15, 0.2) is 0 Å². The van der Waals surface area contributed by atoms with Gasteiger partial charge in [-0.3, -0.25) is 0 Å². The van der Waals surface area contributed by atoms with Crippen LogP contribution in [0.3, 0.4) is 0 Å². The average molecular weight is 427 g/mol. The lowest BCUT2D eigenvalue weighted by atomic mass is 10.3. The Morgan fingerprint density at radius 1 is 0.731 bits per heavy atom. The third-order valence-corrected chi connectivity index (χ3v) is 8.83. The van der Waals surface area contributed by atoms with Gasteiger partial charge >= 0.3 is 0 Å². The first-order chi connectivity index (χ1) is 12.3. The number of hydrogen-bond donors (Lipinski definition) is 0. The molecule has 26 heavy (non-hydrogen) atoms. The molecule has 3 aromatic carbocycles. The first-order valence-corrected chi connectivity index (χ1v) is 10.8. The van der Waals surface area contributed by atoms with Crippen LogP contribution < -0.4 is 32.3 Å². The van der Waals surface area contributed by atoms with Crippen molar-refractivity contribution < 1.29 is 21.7 Å². The first-order valence-electron chi connectivity index (χ1n) is 8.62. The minimum absolute atomic E-state index is 0. The van der Waals surface area contributed by atoms with Crippen LogP contribution in [-0.4, -0.2) is 18.9 Å². The summed E-state index contributed by atoms with van der Waals surface area (Å²) in [5, 5.41) is 2.83. The average Bonchev–Trinajstić information content (AvgIpc) is 2.69. The molecule has 0 atom stereocenters. The van der Waals surface area contributed by atoms with Crippen LogP contribution in [0, 0.1) is 0 Å². The van der Waals surface area contributed by atoms with E-state index in [1.165, 1.54) is 10.6 Å². The summed E-state index contributed by atoms with van der Waals surface area (Å²) in [5.41, 5.74) is 0. The van der Waals surface area contributed by atoms with Gasteiger partial charge in [-0.1, -0.05) is 67.3 Å². The van der Waals surface area contributed by atoms with Crippen molar-refractivity contribution in [1.29, 1.82) is 0 Å². The van der Waals surface area contributed by atoms with E-state index in [2.05, 4.69) is 73.3 Å². The van der Waals surface area contributed by atoms with Gasteiger partial charge in [0.1, 0.15) is 18.5 Å². The van der Waals surface area contributed by atoms with Crippen LogP contribution in [0.25, 0.3) is 0 Å². The molecule has 0 N–H and O–H groups in total. The molecule has 0 heterocycles. The summed E-state index contributed by atoms with van der Waals surface area (Å²) in [4.78, 5) is 0. The molecule has 0 saturated heterocycles. The van der Waals surface area contributed by atoms with Crippen molar-refractivity contribution in [2.45, 2.75) is 0 Å². The lowest BCUT2D eigenvalue weighted by molar-refractivity contribution is -0.00000544. The Morgan fingerprint density at radius 3 is 1.65 bits per heavy atom. The fraction of sp³-hybridized carbons (Fsp3) is 0.130. The third-order valence-electron chi connectivity index (χ3n) is 4.43. The second-order valence-electron chi connectivity index (χ2n) is 6.00.